The molecule has 2 nitrogen and oxygen atoms in total. The summed E-state index contributed by atoms with van der Waals surface area (Å²) in [4.78, 5) is 4.41. The Bertz CT molecular complexity index is 625. The van der Waals surface area contributed by atoms with Gasteiger partial charge in [0, 0.05) is 5.56 Å². The molecule has 0 radical (unpaired) electrons. The highest BCUT2D eigenvalue weighted by atomic mass is 28.3. The first kappa shape index (κ1) is 19.0. The van der Waals surface area contributed by atoms with Gasteiger partial charge in [0.05, 0.1) is 20.2 Å². The van der Waals surface area contributed by atoms with Gasteiger partial charge in [-0.1, -0.05) is 51.0 Å². The molecule has 0 aromatic heterocycles. The fourth-order valence-electron chi connectivity index (χ4n) is 3.55. The van der Waals surface area contributed by atoms with Gasteiger partial charge in [-0.05, 0) is 25.1 Å². The number of aliphatic imine (C=N–C) groups is 1. The lowest BCUT2D eigenvalue weighted by Gasteiger charge is -2.33. The molecule has 1 heterocycles. The van der Waals surface area contributed by atoms with Gasteiger partial charge in [0.2, 0.25) is 5.90 Å². The van der Waals surface area contributed by atoms with E-state index < -0.39 is 25.4 Å². The zero-order valence-corrected chi connectivity index (χ0v) is 16.0. The topological polar surface area (TPSA) is 21.6 Å². The van der Waals surface area contributed by atoms with Crippen molar-refractivity contribution in [2.45, 2.75) is 64.5 Å². The second-order valence-electron chi connectivity index (χ2n) is 7.05. The average molecular weight is 357 g/mol. The monoisotopic (exact) mass is 357 g/mol. The molecule has 1 aliphatic heterocycles. The van der Waals surface area contributed by atoms with Crippen molar-refractivity contribution in [1.29, 1.82) is 0 Å². The Kier molecular flexibility index (Phi) is 5.19. The summed E-state index contributed by atoms with van der Waals surface area (Å²) in [6, 6.07) is 6.75. The molecule has 24 heavy (non-hydrogen) atoms. The van der Waals surface area contributed by atoms with Crippen molar-refractivity contribution in [3.63, 3.8) is 0 Å². The molecule has 0 aliphatic carbocycles. The van der Waals surface area contributed by atoms with Crippen molar-refractivity contribution in [2.24, 2.45) is 4.99 Å². The molecule has 0 N–H and O–H groups in total. The molecule has 0 saturated carbocycles. The number of hydrogen-bond donors (Lipinski definition) is 0. The van der Waals surface area contributed by atoms with Gasteiger partial charge in [0.1, 0.15) is 5.60 Å². The normalized spacial score (nSPS) is 17.6. The summed E-state index contributed by atoms with van der Waals surface area (Å²) in [5, 5.41) is 0.474. The first-order valence-corrected chi connectivity index (χ1v) is 11.2. The van der Waals surface area contributed by atoms with Gasteiger partial charge in [-0.25, -0.2) is 4.99 Å². The third-order valence-corrected chi connectivity index (χ3v) is 10.8. The summed E-state index contributed by atoms with van der Waals surface area (Å²) >= 11 is 0. The predicted molar refractivity (Wildman–Crippen MR) is 94.8 cm³/mol. The average Bonchev–Trinajstić information content (AvgIpc) is 2.89. The number of hydrogen-bond acceptors (Lipinski definition) is 2. The molecule has 0 amide bonds. The SMILES string of the molecule is CC[Si](CC)(CC)c1c(C2=NCC(C)(C)O2)cccc1C(F)(F)F. The van der Waals surface area contributed by atoms with E-state index in [0.29, 0.717) is 23.2 Å². The van der Waals surface area contributed by atoms with E-state index in [1.165, 1.54) is 12.1 Å². The molecule has 2 rings (SSSR count). The number of benzene rings is 1. The van der Waals surface area contributed by atoms with Gasteiger partial charge in [0.15, 0.2) is 0 Å². The Labute approximate surface area is 143 Å². The fourth-order valence-corrected chi connectivity index (χ4v) is 7.67. The highest BCUT2D eigenvalue weighted by molar-refractivity contribution is 6.92. The van der Waals surface area contributed by atoms with Crippen LogP contribution in [0.3, 0.4) is 0 Å². The maximum atomic E-state index is 13.7. The van der Waals surface area contributed by atoms with Crippen LogP contribution < -0.4 is 5.19 Å². The summed E-state index contributed by atoms with van der Waals surface area (Å²) in [5.41, 5.74) is -0.420. The van der Waals surface area contributed by atoms with Crippen molar-refractivity contribution in [3.8, 4) is 0 Å². The number of ether oxygens (including phenoxy) is 1. The lowest BCUT2D eigenvalue weighted by molar-refractivity contribution is -0.136. The minimum absolute atomic E-state index is 0.369. The van der Waals surface area contributed by atoms with Crippen LogP contribution in [-0.2, 0) is 10.9 Å². The van der Waals surface area contributed by atoms with Crippen LogP contribution in [0.4, 0.5) is 13.2 Å². The van der Waals surface area contributed by atoms with Gasteiger partial charge in [-0.3, -0.25) is 0 Å². The Hall–Kier alpha value is -1.30. The van der Waals surface area contributed by atoms with Crippen LogP contribution in [0.1, 0.15) is 45.7 Å². The maximum Gasteiger partial charge on any atom is 0.416 e. The highest BCUT2D eigenvalue weighted by Crippen LogP contribution is 2.34. The second-order valence-corrected chi connectivity index (χ2v) is 12.2. The summed E-state index contributed by atoms with van der Waals surface area (Å²) in [6.07, 6.45) is -4.36. The molecule has 134 valence electrons. The second kappa shape index (κ2) is 6.54. The van der Waals surface area contributed by atoms with Crippen LogP contribution in [0.25, 0.3) is 0 Å². The standard InChI is InChI=1S/C18H26F3NOSi/c1-6-24(7-2,8-3)15-13(16-22-12-17(4,5)23-16)10-9-11-14(15)18(19,20)21/h9-11H,6-8,12H2,1-5H3. The van der Waals surface area contributed by atoms with Crippen molar-refractivity contribution in [3.05, 3.63) is 29.3 Å². The first-order valence-electron chi connectivity index (χ1n) is 8.54. The van der Waals surface area contributed by atoms with Crippen LogP contribution in [0.5, 0.6) is 0 Å². The van der Waals surface area contributed by atoms with Gasteiger partial charge in [-0.15, -0.1) is 0 Å². The van der Waals surface area contributed by atoms with E-state index in [1.807, 2.05) is 34.6 Å². The van der Waals surface area contributed by atoms with Crippen molar-refractivity contribution in [2.75, 3.05) is 6.54 Å². The summed E-state index contributed by atoms with van der Waals surface area (Å²) in [5.74, 6) is 0.369. The van der Waals surface area contributed by atoms with E-state index in [4.69, 9.17) is 4.74 Å². The van der Waals surface area contributed by atoms with Crippen LogP contribution >= 0.6 is 0 Å². The minimum atomic E-state index is -4.36. The summed E-state index contributed by atoms with van der Waals surface area (Å²) in [6.45, 7) is 10.3. The smallest absolute Gasteiger partial charge is 0.416 e. The molecule has 0 unspecified atom stereocenters. The van der Waals surface area contributed by atoms with E-state index in [9.17, 15) is 13.2 Å². The molecular formula is C18H26F3NOSi. The van der Waals surface area contributed by atoms with Crippen molar-refractivity contribution in [1.82, 2.24) is 0 Å². The van der Waals surface area contributed by atoms with Gasteiger partial charge in [0.25, 0.3) is 0 Å². The molecule has 1 aromatic carbocycles. The van der Waals surface area contributed by atoms with E-state index >= 15 is 0 Å². The quantitative estimate of drug-likeness (QED) is 0.681. The Balaban J connectivity index is 2.73. The fraction of sp³-hybridized carbons (Fsp3) is 0.611. The molecule has 0 saturated heterocycles. The molecule has 0 spiro atoms. The Morgan fingerprint density at radius 3 is 2.12 bits per heavy atom. The molecule has 1 aliphatic rings. The number of halogens is 3. The van der Waals surface area contributed by atoms with E-state index in [1.54, 1.807) is 6.07 Å². The third-order valence-electron chi connectivity index (χ3n) is 5.14. The molecule has 0 bridgehead atoms. The lowest BCUT2D eigenvalue weighted by atomic mass is 10.1. The minimum Gasteiger partial charge on any atom is -0.469 e. The molecule has 1 aromatic rings. The summed E-state index contributed by atoms with van der Waals surface area (Å²) in [7, 11) is -2.29. The number of rotatable bonds is 5. The van der Waals surface area contributed by atoms with Crippen LogP contribution in [-0.4, -0.2) is 26.1 Å². The molecule has 0 fully saturated rings. The highest BCUT2D eigenvalue weighted by Gasteiger charge is 2.43. The zero-order chi connectivity index (χ0) is 18.2. The van der Waals surface area contributed by atoms with E-state index in [2.05, 4.69) is 4.99 Å². The van der Waals surface area contributed by atoms with E-state index in [-0.39, 0.29) is 0 Å². The van der Waals surface area contributed by atoms with Gasteiger partial charge < -0.3 is 4.74 Å². The molecule has 0 atom stereocenters. The van der Waals surface area contributed by atoms with Crippen molar-refractivity contribution >= 4 is 19.2 Å². The maximum absolute atomic E-state index is 13.7. The van der Waals surface area contributed by atoms with Crippen LogP contribution in [0.2, 0.25) is 18.1 Å². The van der Waals surface area contributed by atoms with Crippen molar-refractivity contribution < 1.29 is 17.9 Å². The Morgan fingerprint density at radius 2 is 1.71 bits per heavy atom. The molecular weight excluding hydrogens is 331 g/mol. The van der Waals surface area contributed by atoms with Crippen LogP contribution in [0.15, 0.2) is 23.2 Å². The van der Waals surface area contributed by atoms with E-state index in [0.717, 1.165) is 18.1 Å². The third kappa shape index (κ3) is 3.39. The largest absolute Gasteiger partial charge is 0.469 e. The predicted octanol–water partition coefficient (Wildman–Crippen LogP) is 4.98. The summed E-state index contributed by atoms with van der Waals surface area (Å²) < 4.78 is 47.1. The van der Waals surface area contributed by atoms with Gasteiger partial charge >= 0.3 is 6.18 Å². The number of nitrogens with zero attached hydrogens (tertiary/aromatic N) is 1. The molecule has 6 heteroatoms. The van der Waals surface area contributed by atoms with Crippen LogP contribution in [0, 0.1) is 0 Å². The Morgan fingerprint density at radius 1 is 1.12 bits per heavy atom. The lowest BCUT2D eigenvalue weighted by Crippen LogP contribution is -2.51. The first-order chi connectivity index (χ1) is 11.1. The van der Waals surface area contributed by atoms with Gasteiger partial charge in [-0.2, -0.15) is 13.2 Å². The zero-order valence-electron chi connectivity index (χ0n) is 15.0. The number of alkyl halides is 3.